The minimum absolute atomic E-state index is 0.173. The molecule has 0 aliphatic carbocycles. The summed E-state index contributed by atoms with van der Waals surface area (Å²) in [6.07, 6.45) is 0. The van der Waals surface area contributed by atoms with Gasteiger partial charge in [0.15, 0.2) is 0 Å². The quantitative estimate of drug-likeness (QED) is 0.852. The Morgan fingerprint density at radius 1 is 1.53 bits per heavy atom. The van der Waals surface area contributed by atoms with Gasteiger partial charge in [-0.3, -0.25) is 4.79 Å². The molecular weight excluding hydrogens is 263 g/mol. The Hall–Kier alpha value is -0.940. The van der Waals surface area contributed by atoms with Crippen molar-refractivity contribution in [2.24, 2.45) is 0 Å². The highest BCUT2D eigenvalue weighted by atomic mass is 79.9. The van der Waals surface area contributed by atoms with E-state index in [1.54, 1.807) is 0 Å². The van der Waals surface area contributed by atoms with Crippen molar-refractivity contribution < 1.29 is 9.18 Å². The summed E-state index contributed by atoms with van der Waals surface area (Å²) in [5.74, 6) is -0.530. The smallest absolute Gasteiger partial charge is 0.252 e. The van der Waals surface area contributed by atoms with E-state index in [-0.39, 0.29) is 17.8 Å². The first-order valence-corrected chi connectivity index (χ1v) is 5.43. The van der Waals surface area contributed by atoms with Crippen LogP contribution in [0.15, 0.2) is 22.7 Å². The lowest BCUT2D eigenvalue weighted by Crippen LogP contribution is -2.56. The van der Waals surface area contributed by atoms with Crippen molar-refractivity contribution in [1.29, 1.82) is 0 Å². The number of carbonyl (C=O) groups is 1. The van der Waals surface area contributed by atoms with E-state index in [1.807, 2.05) is 0 Å². The highest BCUT2D eigenvalue weighted by Crippen LogP contribution is 2.18. The minimum Gasteiger partial charge on any atom is -0.347 e. The number of hydrogen-bond acceptors (Lipinski definition) is 2. The van der Waals surface area contributed by atoms with Crippen LogP contribution in [0.25, 0.3) is 0 Å². The van der Waals surface area contributed by atoms with Gasteiger partial charge in [-0.15, -0.1) is 0 Å². The van der Waals surface area contributed by atoms with Crippen LogP contribution >= 0.6 is 15.9 Å². The van der Waals surface area contributed by atoms with Gasteiger partial charge in [-0.1, -0.05) is 0 Å². The molecule has 0 radical (unpaired) electrons. The van der Waals surface area contributed by atoms with E-state index in [0.29, 0.717) is 10.0 Å². The number of nitrogens with one attached hydrogen (secondary N) is 2. The Labute approximate surface area is 95.2 Å². The van der Waals surface area contributed by atoms with Crippen LogP contribution in [0.3, 0.4) is 0 Å². The lowest BCUT2D eigenvalue weighted by Gasteiger charge is -2.28. The third-order valence-electron chi connectivity index (χ3n) is 2.29. The molecule has 1 aromatic carbocycles. The molecule has 1 saturated heterocycles. The molecule has 3 nitrogen and oxygen atoms in total. The standard InChI is InChI=1S/C10H10BrFN2O/c11-9-3-6(12)1-2-8(9)10(15)14-7-4-13-5-7/h1-3,7,13H,4-5H2,(H,14,15). The summed E-state index contributed by atoms with van der Waals surface area (Å²) in [6, 6.07) is 4.22. The predicted octanol–water partition coefficient (Wildman–Crippen LogP) is 1.29. The fraction of sp³-hybridized carbons (Fsp3) is 0.300. The number of benzene rings is 1. The van der Waals surface area contributed by atoms with Gasteiger partial charge in [0.25, 0.3) is 5.91 Å². The van der Waals surface area contributed by atoms with E-state index in [0.717, 1.165) is 13.1 Å². The molecule has 1 aromatic rings. The van der Waals surface area contributed by atoms with Gasteiger partial charge >= 0.3 is 0 Å². The normalized spacial score (nSPS) is 15.9. The van der Waals surface area contributed by atoms with E-state index in [4.69, 9.17) is 0 Å². The molecule has 1 fully saturated rings. The van der Waals surface area contributed by atoms with Crippen molar-refractivity contribution >= 4 is 21.8 Å². The summed E-state index contributed by atoms with van der Waals surface area (Å²) in [5.41, 5.74) is 0.461. The number of carbonyl (C=O) groups excluding carboxylic acids is 1. The third kappa shape index (κ3) is 2.35. The van der Waals surface area contributed by atoms with Crippen LogP contribution in [0.1, 0.15) is 10.4 Å². The Bertz CT molecular complexity index is 393. The number of halogens is 2. The lowest BCUT2D eigenvalue weighted by atomic mass is 10.1. The van der Waals surface area contributed by atoms with Gasteiger partial charge in [0.1, 0.15) is 5.82 Å². The van der Waals surface area contributed by atoms with Gasteiger partial charge in [0.05, 0.1) is 11.6 Å². The molecule has 0 spiro atoms. The Morgan fingerprint density at radius 3 is 2.80 bits per heavy atom. The van der Waals surface area contributed by atoms with Crippen molar-refractivity contribution in [3.05, 3.63) is 34.1 Å². The number of hydrogen-bond donors (Lipinski definition) is 2. The zero-order valence-electron chi connectivity index (χ0n) is 7.89. The molecule has 1 heterocycles. The van der Waals surface area contributed by atoms with Crippen LogP contribution in [0.2, 0.25) is 0 Å². The van der Waals surface area contributed by atoms with Crippen LogP contribution < -0.4 is 10.6 Å². The first kappa shape index (κ1) is 10.6. The highest BCUT2D eigenvalue weighted by molar-refractivity contribution is 9.10. The topological polar surface area (TPSA) is 41.1 Å². The van der Waals surface area contributed by atoms with Crippen LogP contribution in [0.5, 0.6) is 0 Å². The average molecular weight is 273 g/mol. The average Bonchev–Trinajstić information content (AvgIpc) is 2.11. The van der Waals surface area contributed by atoms with Crippen LogP contribution in [-0.2, 0) is 0 Å². The lowest BCUT2D eigenvalue weighted by molar-refractivity contribution is 0.0923. The molecule has 0 aromatic heterocycles. The second-order valence-electron chi connectivity index (χ2n) is 3.45. The molecule has 0 bridgehead atoms. The fourth-order valence-corrected chi connectivity index (χ4v) is 1.86. The minimum atomic E-state index is -0.358. The summed E-state index contributed by atoms with van der Waals surface area (Å²) in [6.45, 7) is 1.59. The first-order chi connectivity index (χ1) is 7.16. The molecule has 2 N–H and O–H groups in total. The van der Waals surface area contributed by atoms with Crippen molar-refractivity contribution in [3.8, 4) is 0 Å². The Kier molecular flexibility index (Phi) is 3.02. The Morgan fingerprint density at radius 2 is 2.27 bits per heavy atom. The second kappa shape index (κ2) is 4.28. The van der Waals surface area contributed by atoms with E-state index in [2.05, 4.69) is 26.6 Å². The zero-order chi connectivity index (χ0) is 10.8. The molecule has 1 aliphatic heterocycles. The van der Waals surface area contributed by atoms with Crippen LogP contribution in [-0.4, -0.2) is 25.0 Å². The molecule has 80 valence electrons. The molecule has 0 atom stereocenters. The summed E-state index contributed by atoms with van der Waals surface area (Å²) in [7, 11) is 0. The second-order valence-corrected chi connectivity index (χ2v) is 4.31. The maximum atomic E-state index is 12.8. The summed E-state index contributed by atoms with van der Waals surface area (Å²) in [4.78, 5) is 11.7. The summed E-state index contributed by atoms with van der Waals surface area (Å²) in [5, 5.41) is 5.89. The van der Waals surface area contributed by atoms with Crippen molar-refractivity contribution in [3.63, 3.8) is 0 Å². The van der Waals surface area contributed by atoms with E-state index < -0.39 is 0 Å². The van der Waals surface area contributed by atoms with Crippen LogP contribution in [0.4, 0.5) is 4.39 Å². The monoisotopic (exact) mass is 272 g/mol. The molecule has 0 unspecified atom stereocenters. The van der Waals surface area contributed by atoms with Crippen LogP contribution in [0, 0.1) is 5.82 Å². The van der Waals surface area contributed by atoms with Gasteiger partial charge in [0, 0.05) is 17.6 Å². The molecule has 15 heavy (non-hydrogen) atoms. The van der Waals surface area contributed by atoms with Gasteiger partial charge in [-0.25, -0.2) is 4.39 Å². The largest absolute Gasteiger partial charge is 0.347 e. The van der Waals surface area contributed by atoms with E-state index >= 15 is 0 Å². The molecule has 5 heteroatoms. The van der Waals surface area contributed by atoms with Gasteiger partial charge in [-0.2, -0.15) is 0 Å². The highest BCUT2D eigenvalue weighted by Gasteiger charge is 2.20. The van der Waals surface area contributed by atoms with Crippen molar-refractivity contribution in [2.45, 2.75) is 6.04 Å². The Balaban J connectivity index is 2.10. The van der Waals surface area contributed by atoms with Crippen molar-refractivity contribution in [1.82, 2.24) is 10.6 Å². The molecule has 0 saturated carbocycles. The number of rotatable bonds is 2. The van der Waals surface area contributed by atoms with E-state index in [9.17, 15) is 9.18 Å². The predicted molar refractivity (Wildman–Crippen MR) is 58.2 cm³/mol. The summed E-state index contributed by atoms with van der Waals surface area (Å²) >= 11 is 3.16. The summed E-state index contributed by atoms with van der Waals surface area (Å²) < 4.78 is 13.3. The SMILES string of the molecule is O=C(NC1CNC1)c1ccc(F)cc1Br. The molecular formula is C10H10BrFN2O. The zero-order valence-corrected chi connectivity index (χ0v) is 9.47. The van der Waals surface area contributed by atoms with Gasteiger partial charge < -0.3 is 10.6 Å². The van der Waals surface area contributed by atoms with E-state index in [1.165, 1.54) is 18.2 Å². The third-order valence-corrected chi connectivity index (χ3v) is 2.95. The fourth-order valence-electron chi connectivity index (χ4n) is 1.33. The maximum Gasteiger partial charge on any atom is 0.252 e. The molecule has 1 amide bonds. The molecule has 2 rings (SSSR count). The van der Waals surface area contributed by atoms with Gasteiger partial charge in [0.2, 0.25) is 0 Å². The first-order valence-electron chi connectivity index (χ1n) is 4.63. The maximum absolute atomic E-state index is 12.8. The van der Waals surface area contributed by atoms with Crippen molar-refractivity contribution in [2.75, 3.05) is 13.1 Å². The molecule has 1 aliphatic rings. The number of amides is 1. The van der Waals surface area contributed by atoms with Gasteiger partial charge in [-0.05, 0) is 34.1 Å².